The fourth-order valence-corrected chi connectivity index (χ4v) is 1.72. The van der Waals surface area contributed by atoms with Gasteiger partial charge < -0.3 is 0 Å². The van der Waals surface area contributed by atoms with E-state index in [1.807, 2.05) is 13.8 Å². The second-order valence-corrected chi connectivity index (χ2v) is 4.44. The maximum absolute atomic E-state index is 12.9. The standard InChI is InChI=1S/C12H15ClF2/c1-3-12(13)8(2)4-9-5-10(14)7-11(15)6-9/h5-8,12H,3-4H2,1-2H3. The molecule has 0 aromatic heterocycles. The SMILES string of the molecule is CCC(Cl)C(C)Cc1cc(F)cc(F)c1. The lowest BCUT2D eigenvalue weighted by Crippen LogP contribution is -2.13. The maximum Gasteiger partial charge on any atom is 0.126 e. The molecule has 0 bridgehead atoms. The first-order chi connectivity index (χ1) is 7.02. The van der Waals surface area contributed by atoms with Gasteiger partial charge in [0.25, 0.3) is 0 Å². The van der Waals surface area contributed by atoms with Crippen molar-refractivity contribution in [3.05, 3.63) is 35.4 Å². The topological polar surface area (TPSA) is 0 Å². The van der Waals surface area contributed by atoms with E-state index in [1.54, 1.807) is 0 Å². The number of benzene rings is 1. The molecule has 2 unspecified atom stereocenters. The van der Waals surface area contributed by atoms with Crippen molar-refractivity contribution in [3.8, 4) is 0 Å². The quantitative estimate of drug-likeness (QED) is 0.684. The summed E-state index contributed by atoms with van der Waals surface area (Å²) in [5.74, 6) is -0.836. The zero-order chi connectivity index (χ0) is 11.4. The third-order valence-corrected chi connectivity index (χ3v) is 3.23. The van der Waals surface area contributed by atoms with E-state index in [0.29, 0.717) is 12.0 Å². The molecule has 1 aromatic rings. The van der Waals surface area contributed by atoms with E-state index in [9.17, 15) is 8.78 Å². The Bertz CT molecular complexity index is 305. The van der Waals surface area contributed by atoms with Gasteiger partial charge in [-0.05, 0) is 36.5 Å². The van der Waals surface area contributed by atoms with Gasteiger partial charge in [-0.2, -0.15) is 0 Å². The first-order valence-electron chi connectivity index (χ1n) is 5.12. The molecular formula is C12H15ClF2. The molecule has 0 aliphatic carbocycles. The van der Waals surface area contributed by atoms with Crippen LogP contribution in [0.25, 0.3) is 0 Å². The first-order valence-corrected chi connectivity index (χ1v) is 5.55. The van der Waals surface area contributed by atoms with Crippen molar-refractivity contribution < 1.29 is 8.78 Å². The van der Waals surface area contributed by atoms with Crippen LogP contribution < -0.4 is 0 Å². The molecule has 0 aliphatic rings. The van der Waals surface area contributed by atoms with Gasteiger partial charge in [0.15, 0.2) is 0 Å². The number of hydrogen-bond acceptors (Lipinski definition) is 0. The van der Waals surface area contributed by atoms with Crippen LogP contribution in [0.2, 0.25) is 0 Å². The number of hydrogen-bond donors (Lipinski definition) is 0. The Kier molecular flexibility index (Phi) is 4.52. The van der Waals surface area contributed by atoms with Gasteiger partial charge in [-0.15, -0.1) is 11.6 Å². The van der Waals surface area contributed by atoms with E-state index < -0.39 is 11.6 Å². The van der Waals surface area contributed by atoms with Gasteiger partial charge in [-0.3, -0.25) is 0 Å². The molecule has 84 valence electrons. The Labute approximate surface area is 94.3 Å². The molecule has 3 heteroatoms. The maximum atomic E-state index is 12.9. The second kappa shape index (κ2) is 5.45. The molecule has 0 spiro atoms. The zero-order valence-corrected chi connectivity index (χ0v) is 9.69. The number of halogens is 3. The lowest BCUT2D eigenvalue weighted by Gasteiger charge is -2.16. The Morgan fingerprint density at radius 3 is 2.20 bits per heavy atom. The Hall–Kier alpha value is -0.630. The minimum absolute atomic E-state index is 0.0522. The summed E-state index contributed by atoms with van der Waals surface area (Å²) in [6.45, 7) is 3.99. The predicted molar refractivity (Wildman–Crippen MR) is 59.2 cm³/mol. The van der Waals surface area contributed by atoms with Gasteiger partial charge in [0.1, 0.15) is 11.6 Å². The zero-order valence-electron chi connectivity index (χ0n) is 8.93. The average molecular weight is 233 g/mol. The van der Waals surface area contributed by atoms with Crippen molar-refractivity contribution in [2.75, 3.05) is 0 Å². The normalized spacial score (nSPS) is 15.0. The van der Waals surface area contributed by atoms with Gasteiger partial charge in [-0.1, -0.05) is 13.8 Å². The van der Waals surface area contributed by atoms with Gasteiger partial charge in [-0.25, -0.2) is 8.78 Å². The van der Waals surface area contributed by atoms with Crippen molar-refractivity contribution in [3.63, 3.8) is 0 Å². The minimum Gasteiger partial charge on any atom is -0.207 e. The van der Waals surface area contributed by atoms with Gasteiger partial charge in [0, 0.05) is 11.4 Å². The van der Waals surface area contributed by atoms with Crippen LogP contribution in [-0.4, -0.2) is 5.38 Å². The highest BCUT2D eigenvalue weighted by molar-refractivity contribution is 6.20. The molecule has 0 amide bonds. The third-order valence-electron chi connectivity index (χ3n) is 2.49. The molecule has 1 rings (SSSR count). The van der Waals surface area contributed by atoms with E-state index in [0.717, 1.165) is 12.5 Å². The Morgan fingerprint density at radius 1 is 1.20 bits per heavy atom. The van der Waals surface area contributed by atoms with Gasteiger partial charge in [0.2, 0.25) is 0 Å². The first kappa shape index (κ1) is 12.4. The molecule has 0 aliphatic heterocycles. The molecule has 0 saturated heterocycles. The summed E-state index contributed by atoms with van der Waals surface area (Å²) in [6.07, 6.45) is 1.47. The van der Waals surface area contributed by atoms with E-state index in [1.165, 1.54) is 12.1 Å². The van der Waals surface area contributed by atoms with Crippen LogP contribution in [0, 0.1) is 17.6 Å². The highest BCUT2D eigenvalue weighted by Crippen LogP contribution is 2.20. The summed E-state index contributed by atoms with van der Waals surface area (Å²) in [7, 11) is 0. The largest absolute Gasteiger partial charge is 0.207 e. The molecule has 0 N–H and O–H groups in total. The molecule has 1 aromatic carbocycles. The van der Waals surface area contributed by atoms with Crippen LogP contribution in [0.15, 0.2) is 18.2 Å². The van der Waals surface area contributed by atoms with Crippen LogP contribution in [0.1, 0.15) is 25.8 Å². The molecule has 0 saturated carbocycles. The lowest BCUT2D eigenvalue weighted by atomic mass is 9.96. The summed E-state index contributed by atoms with van der Waals surface area (Å²) in [4.78, 5) is 0. The van der Waals surface area contributed by atoms with Crippen molar-refractivity contribution in [1.82, 2.24) is 0 Å². The van der Waals surface area contributed by atoms with Crippen LogP contribution in [0.3, 0.4) is 0 Å². The van der Waals surface area contributed by atoms with Crippen molar-refractivity contribution in [2.45, 2.75) is 32.1 Å². The van der Waals surface area contributed by atoms with Crippen LogP contribution in [0.4, 0.5) is 8.78 Å². The lowest BCUT2D eigenvalue weighted by molar-refractivity contribution is 0.523. The van der Waals surface area contributed by atoms with Crippen molar-refractivity contribution in [1.29, 1.82) is 0 Å². The van der Waals surface area contributed by atoms with Crippen LogP contribution >= 0.6 is 11.6 Å². The van der Waals surface area contributed by atoms with E-state index in [2.05, 4.69) is 0 Å². The van der Waals surface area contributed by atoms with E-state index in [4.69, 9.17) is 11.6 Å². The molecule has 0 nitrogen and oxygen atoms in total. The molecule has 0 heterocycles. The van der Waals surface area contributed by atoms with Crippen molar-refractivity contribution >= 4 is 11.6 Å². The highest BCUT2D eigenvalue weighted by atomic mass is 35.5. The minimum atomic E-state index is -0.528. The van der Waals surface area contributed by atoms with E-state index >= 15 is 0 Å². The molecular weight excluding hydrogens is 218 g/mol. The van der Waals surface area contributed by atoms with Crippen LogP contribution in [0.5, 0.6) is 0 Å². The second-order valence-electron chi connectivity index (χ2n) is 3.88. The predicted octanol–water partition coefficient (Wildman–Crippen LogP) is 4.16. The smallest absolute Gasteiger partial charge is 0.126 e. The fraction of sp³-hybridized carbons (Fsp3) is 0.500. The summed E-state index contributed by atoms with van der Waals surface area (Å²) in [5.41, 5.74) is 0.666. The molecule has 2 atom stereocenters. The summed E-state index contributed by atoms with van der Waals surface area (Å²) in [6, 6.07) is 3.60. The van der Waals surface area contributed by atoms with Gasteiger partial charge in [0.05, 0.1) is 0 Å². The fourth-order valence-electron chi connectivity index (χ4n) is 1.63. The monoisotopic (exact) mass is 232 g/mol. The Balaban J connectivity index is 2.72. The van der Waals surface area contributed by atoms with Gasteiger partial charge >= 0.3 is 0 Å². The summed E-state index contributed by atoms with van der Waals surface area (Å²) < 4.78 is 25.8. The highest BCUT2D eigenvalue weighted by Gasteiger charge is 2.13. The third kappa shape index (κ3) is 3.78. The van der Waals surface area contributed by atoms with Crippen LogP contribution in [-0.2, 0) is 6.42 Å². The number of rotatable bonds is 4. The van der Waals surface area contributed by atoms with Crippen molar-refractivity contribution in [2.24, 2.45) is 5.92 Å². The summed E-state index contributed by atoms with van der Waals surface area (Å²) >= 11 is 6.06. The number of alkyl halides is 1. The molecule has 15 heavy (non-hydrogen) atoms. The molecule has 0 fully saturated rings. The molecule has 0 radical (unpaired) electrons. The van der Waals surface area contributed by atoms with E-state index in [-0.39, 0.29) is 11.3 Å². The summed E-state index contributed by atoms with van der Waals surface area (Å²) in [5, 5.41) is 0.0522. The Morgan fingerprint density at radius 2 is 1.73 bits per heavy atom. The average Bonchev–Trinajstić information content (AvgIpc) is 2.14.